The van der Waals surface area contributed by atoms with Gasteiger partial charge in [0.2, 0.25) is 10.0 Å². The third-order valence-corrected chi connectivity index (χ3v) is 6.39. The third-order valence-electron chi connectivity index (χ3n) is 2.56. The van der Waals surface area contributed by atoms with E-state index in [0.717, 1.165) is 11.3 Å². The Morgan fingerprint density at radius 1 is 1.45 bits per heavy atom. The van der Waals surface area contributed by atoms with Crippen molar-refractivity contribution in [3.63, 3.8) is 0 Å². The molecule has 0 saturated carbocycles. The first-order chi connectivity index (χ1) is 9.16. The largest absolute Gasteiger partial charge is 0.481 e. The summed E-state index contributed by atoms with van der Waals surface area (Å²) in [6, 6.07) is 1.01. The van der Waals surface area contributed by atoms with Crippen molar-refractivity contribution < 1.29 is 18.3 Å². The van der Waals surface area contributed by atoms with Gasteiger partial charge in [0.15, 0.2) is 0 Å². The highest BCUT2D eigenvalue weighted by atomic mass is 35.5. The molecule has 0 aliphatic heterocycles. The number of nitrogens with zero attached hydrogens (tertiary/aromatic N) is 1. The van der Waals surface area contributed by atoms with E-state index < -0.39 is 16.0 Å². The number of hydrogen-bond donors (Lipinski definition) is 1. The Bertz CT molecular complexity index is 583. The highest BCUT2D eigenvalue weighted by molar-refractivity contribution is 7.89. The maximum absolute atomic E-state index is 12.5. The van der Waals surface area contributed by atoms with Crippen LogP contribution in [-0.2, 0) is 14.8 Å². The molecule has 9 heteroatoms. The highest BCUT2D eigenvalue weighted by Gasteiger charge is 2.30. The molecule has 0 unspecified atom stereocenters. The van der Waals surface area contributed by atoms with Crippen LogP contribution < -0.4 is 0 Å². The van der Waals surface area contributed by atoms with E-state index in [1.807, 2.05) is 0 Å². The molecular weight excluding hydrogens is 345 g/mol. The van der Waals surface area contributed by atoms with Crippen molar-refractivity contribution >= 4 is 50.5 Å². The summed E-state index contributed by atoms with van der Waals surface area (Å²) in [4.78, 5) is 10.5. The predicted molar refractivity (Wildman–Crippen MR) is 80.2 cm³/mol. The minimum absolute atomic E-state index is 0.0295. The molecule has 1 aromatic heterocycles. The van der Waals surface area contributed by atoms with Gasteiger partial charge in [-0.15, -0.1) is 11.3 Å². The van der Waals surface area contributed by atoms with Crippen LogP contribution in [0.2, 0.25) is 8.67 Å². The summed E-state index contributed by atoms with van der Waals surface area (Å²) in [7, 11) is -3.77. The number of halogens is 2. The second-order valence-electron chi connectivity index (χ2n) is 4.40. The Morgan fingerprint density at radius 2 is 2.05 bits per heavy atom. The summed E-state index contributed by atoms with van der Waals surface area (Å²) in [6.45, 7) is 3.57. The molecule has 0 aliphatic rings. The molecule has 0 amide bonds. The molecule has 5 nitrogen and oxygen atoms in total. The SMILES string of the molecule is CC(C)N(CCCC(=O)O)S(=O)(=O)c1cc(Cl)sc1Cl. The molecule has 1 heterocycles. The molecule has 0 spiro atoms. The quantitative estimate of drug-likeness (QED) is 0.809. The molecule has 0 fully saturated rings. The van der Waals surface area contributed by atoms with Crippen molar-refractivity contribution in [2.75, 3.05) is 6.54 Å². The summed E-state index contributed by atoms with van der Waals surface area (Å²) in [5, 5.41) is 8.63. The maximum Gasteiger partial charge on any atom is 0.303 e. The second kappa shape index (κ2) is 7.09. The van der Waals surface area contributed by atoms with Gasteiger partial charge in [0.1, 0.15) is 9.23 Å². The van der Waals surface area contributed by atoms with Gasteiger partial charge in [-0.2, -0.15) is 4.31 Å². The zero-order valence-electron chi connectivity index (χ0n) is 11.0. The lowest BCUT2D eigenvalue weighted by atomic mass is 10.3. The van der Waals surface area contributed by atoms with Gasteiger partial charge in [-0.05, 0) is 26.3 Å². The minimum atomic E-state index is -3.77. The monoisotopic (exact) mass is 359 g/mol. The van der Waals surface area contributed by atoms with Gasteiger partial charge < -0.3 is 5.11 Å². The molecule has 1 rings (SSSR count). The van der Waals surface area contributed by atoms with Gasteiger partial charge in [-0.1, -0.05) is 23.2 Å². The Morgan fingerprint density at radius 3 is 2.45 bits per heavy atom. The van der Waals surface area contributed by atoms with E-state index in [1.165, 1.54) is 10.4 Å². The Hall–Kier alpha value is -0.340. The van der Waals surface area contributed by atoms with Crippen molar-refractivity contribution in [2.24, 2.45) is 0 Å². The number of sulfonamides is 1. The topological polar surface area (TPSA) is 74.7 Å². The van der Waals surface area contributed by atoms with Crippen molar-refractivity contribution in [3.05, 3.63) is 14.7 Å². The standard InChI is InChI=1S/C11H15Cl2NO4S2/c1-7(2)14(5-3-4-10(15)16)20(17,18)8-6-9(12)19-11(8)13/h6-7H,3-5H2,1-2H3,(H,15,16). The van der Waals surface area contributed by atoms with E-state index in [1.54, 1.807) is 13.8 Å². The molecule has 0 radical (unpaired) electrons. The van der Waals surface area contributed by atoms with Gasteiger partial charge >= 0.3 is 5.97 Å². The molecule has 0 aliphatic carbocycles. The summed E-state index contributed by atoms with van der Waals surface area (Å²) in [5.74, 6) is -0.956. The maximum atomic E-state index is 12.5. The van der Waals surface area contributed by atoms with Gasteiger partial charge in [-0.25, -0.2) is 8.42 Å². The highest BCUT2D eigenvalue weighted by Crippen LogP contribution is 2.36. The lowest BCUT2D eigenvalue weighted by molar-refractivity contribution is -0.137. The number of thiophene rings is 1. The predicted octanol–water partition coefficient (Wildman–Crippen LogP) is 3.32. The zero-order chi connectivity index (χ0) is 15.5. The molecule has 0 aromatic carbocycles. The van der Waals surface area contributed by atoms with E-state index in [-0.39, 0.29) is 34.7 Å². The van der Waals surface area contributed by atoms with Crippen molar-refractivity contribution in [2.45, 2.75) is 37.6 Å². The molecule has 0 atom stereocenters. The number of carboxylic acid groups (broad SMARTS) is 1. The molecule has 1 N–H and O–H groups in total. The van der Waals surface area contributed by atoms with E-state index in [9.17, 15) is 13.2 Å². The lowest BCUT2D eigenvalue weighted by Crippen LogP contribution is -2.37. The molecule has 1 aromatic rings. The number of carboxylic acids is 1. The van der Waals surface area contributed by atoms with Crippen LogP contribution in [0.1, 0.15) is 26.7 Å². The molecule has 20 heavy (non-hydrogen) atoms. The smallest absolute Gasteiger partial charge is 0.303 e. The molecule has 114 valence electrons. The second-order valence-corrected chi connectivity index (χ2v) is 8.54. The normalized spacial score (nSPS) is 12.3. The number of hydrogen-bond acceptors (Lipinski definition) is 4. The van der Waals surface area contributed by atoms with Crippen LogP contribution in [0.4, 0.5) is 0 Å². The third kappa shape index (κ3) is 4.33. The molecule has 0 bridgehead atoms. The van der Waals surface area contributed by atoms with E-state index in [0.29, 0.717) is 4.34 Å². The van der Waals surface area contributed by atoms with Gasteiger partial charge in [0.25, 0.3) is 0 Å². The first-order valence-electron chi connectivity index (χ1n) is 5.84. The average molecular weight is 360 g/mol. The minimum Gasteiger partial charge on any atom is -0.481 e. The van der Waals surface area contributed by atoms with E-state index in [4.69, 9.17) is 28.3 Å². The number of aliphatic carboxylic acids is 1. The fraction of sp³-hybridized carbons (Fsp3) is 0.545. The Labute approximate surface area is 132 Å². The number of rotatable bonds is 7. The van der Waals surface area contributed by atoms with Gasteiger partial charge in [-0.3, -0.25) is 4.79 Å². The van der Waals surface area contributed by atoms with Crippen LogP contribution in [-0.4, -0.2) is 36.4 Å². The van der Waals surface area contributed by atoms with Gasteiger partial charge in [0, 0.05) is 19.0 Å². The van der Waals surface area contributed by atoms with Crippen molar-refractivity contribution in [3.8, 4) is 0 Å². The summed E-state index contributed by atoms with van der Waals surface area (Å²) in [6.07, 6.45) is 0.152. The molecule has 0 saturated heterocycles. The summed E-state index contributed by atoms with van der Waals surface area (Å²) in [5.41, 5.74) is 0. The van der Waals surface area contributed by atoms with Crippen LogP contribution in [0.3, 0.4) is 0 Å². The zero-order valence-corrected chi connectivity index (χ0v) is 14.1. The van der Waals surface area contributed by atoms with E-state index in [2.05, 4.69) is 0 Å². The fourth-order valence-corrected chi connectivity index (χ4v) is 5.46. The fourth-order valence-electron chi connectivity index (χ4n) is 1.67. The lowest BCUT2D eigenvalue weighted by Gasteiger charge is -2.25. The summed E-state index contributed by atoms with van der Waals surface area (Å²) < 4.78 is 26.7. The van der Waals surface area contributed by atoms with Crippen LogP contribution in [0.15, 0.2) is 11.0 Å². The van der Waals surface area contributed by atoms with Gasteiger partial charge in [0.05, 0.1) is 4.34 Å². The van der Waals surface area contributed by atoms with Crippen molar-refractivity contribution in [1.29, 1.82) is 0 Å². The Balaban J connectivity index is 3.01. The van der Waals surface area contributed by atoms with Crippen LogP contribution >= 0.6 is 34.5 Å². The van der Waals surface area contributed by atoms with Crippen LogP contribution in [0, 0.1) is 0 Å². The molecular formula is C11H15Cl2NO4S2. The van der Waals surface area contributed by atoms with Crippen LogP contribution in [0.25, 0.3) is 0 Å². The summed E-state index contributed by atoms with van der Waals surface area (Å²) >= 11 is 12.7. The van der Waals surface area contributed by atoms with Crippen molar-refractivity contribution in [1.82, 2.24) is 4.31 Å². The number of carbonyl (C=O) groups is 1. The first-order valence-corrected chi connectivity index (χ1v) is 8.86. The Kier molecular flexibility index (Phi) is 6.27. The average Bonchev–Trinajstić information content (AvgIpc) is 2.63. The first kappa shape index (κ1) is 17.7. The van der Waals surface area contributed by atoms with E-state index >= 15 is 0 Å². The van der Waals surface area contributed by atoms with Crippen LogP contribution in [0.5, 0.6) is 0 Å².